The van der Waals surface area contributed by atoms with Crippen LogP contribution in [0.25, 0.3) is 0 Å². The molecule has 0 atom stereocenters. The highest BCUT2D eigenvalue weighted by Crippen LogP contribution is 2.05. The van der Waals surface area contributed by atoms with Crippen LogP contribution in [0.5, 0.6) is 0 Å². The molecule has 0 spiro atoms. The van der Waals surface area contributed by atoms with E-state index in [9.17, 15) is 9.59 Å². The van der Waals surface area contributed by atoms with E-state index in [-0.39, 0.29) is 10.6 Å². The summed E-state index contributed by atoms with van der Waals surface area (Å²) in [4.78, 5) is 24.1. The SMILES string of the molecule is Cc1cccc(Cn2sc(=O)[nH]c2=O)c1. The second-order valence-electron chi connectivity index (χ2n) is 3.33. The topological polar surface area (TPSA) is 54.9 Å². The van der Waals surface area contributed by atoms with E-state index in [1.165, 1.54) is 3.96 Å². The Morgan fingerprint density at radius 2 is 2.20 bits per heavy atom. The van der Waals surface area contributed by atoms with Crippen LogP contribution in [-0.2, 0) is 6.54 Å². The highest BCUT2D eigenvalue weighted by Gasteiger charge is 2.01. The van der Waals surface area contributed by atoms with E-state index in [2.05, 4.69) is 4.98 Å². The molecule has 0 bridgehead atoms. The Labute approximate surface area is 90.0 Å². The maximum absolute atomic E-state index is 11.2. The van der Waals surface area contributed by atoms with E-state index in [0.29, 0.717) is 6.54 Å². The largest absolute Gasteiger partial charge is 0.338 e. The quantitative estimate of drug-likeness (QED) is 0.822. The molecule has 0 aliphatic heterocycles. The van der Waals surface area contributed by atoms with Gasteiger partial charge in [0.05, 0.1) is 6.54 Å². The van der Waals surface area contributed by atoms with Crippen molar-refractivity contribution in [2.45, 2.75) is 13.5 Å². The Morgan fingerprint density at radius 1 is 1.40 bits per heavy atom. The maximum atomic E-state index is 11.2. The summed E-state index contributed by atoms with van der Waals surface area (Å²) in [6, 6.07) is 7.86. The summed E-state index contributed by atoms with van der Waals surface area (Å²) >= 11 is 0.908. The lowest BCUT2D eigenvalue weighted by atomic mass is 10.1. The Balaban J connectivity index is 2.33. The number of hydrogen-bond acceptors (Lipinski definition) is 3. The van der Waals surface area contributed by atoms with Gasteiger partial charge in [-0.1, -0.05) is 29.8 Å². The van der Waals surface area contributed by atoms with E-state index in [0.717, 1.165) is 22.7 Å². The standard InChI is InChI=1S/C10H10N2O2S/c1-7-3-2-4-8(5-7)6-12-9(13)11-10(14)15-12/h2-5H,6H2,1H3,(H,11,13,14). The summed E-state index contributed by atoms with van der Waals surface area (Å²) in [5.74, 6) is 0. The lowest BCUT2D eigenvalue weighted by Gasteiger charge is -2.00. The van der Waals surface area contributed by atoms with Crippen LogP contribution >= 0.6 is 11.5 Å². The van der Waals surface area contributed by atoms with Gasteiger partial charge in [-0.05, 0) is 12.5 Å². The predicted octanol–water partition coefficient (Wildman–Crippen LogP) is 0.955. The van der Waals surface area contributed by atoms with Gasteiger partial charge in [-0.15, -0.1) is 0 Å². The maximum Gasteiger partial charge on any atom is 0.338 e. The van der Waals surface area contributed by atoms with Gasteiger partial charge in [-0.25, -0.2) is 8.75 Å². The Kier molecular flexibility index (Phi) is 2.55. The third kappa shape index (κ3) is 2.24. The van der Waals surface area contributed by atoms with Gasteiger partial charge >= 0.3 is 10.6 Å². The summed E-state index contributed by atoms with van der Waals surface area (Å²) in [5.41, 5.74) is 1.82. The molecule has 2 aromatic rings. The van der Waals surface area contributed by atoms with Gasteiger partial charge in [0.15, 0.2) is 0 Å². The van der Waals surface area contributed by atoms with Crippen molar-refractivity contribution in [3.05, 3.63) is 55.5 Å². The van der Waals surface area contributed by atoms with Crippen molar-refractivity contribution in [3.8, 4) is 0 Å². The fourth-order valence-corrected chi connectivity index (χ4v) is 2.07. The lowest BCUT2D eigenvalue weighted by Crippen LogP contribution is -2.16. The number of aromatic nitrogens is 2. The van der Waals surface area contributed by atoms with Crippen LogP contribution in [0, 0.1) is 6.92 Å². The molecule has 0 aliphatic rings. The van der Waals surface area contributed by atoms with E-state index in [1.54, 1.807) is 0 Å². The van der Waals surface area contributed by atoms with Crippen LogP contribution in [0.2, 0.25) is 0 Å². The Bertz CT molecular complexity index is 579. The molecule has 78 valence electrons. The molecule has 5 heteroatoms. The number of rotatable bonds is 2. The van der Waals surface area contributed by atoms with Crippen molar-refractivity contribution in [3.63, 3.8) is 0 Å². The number of hydrogen-bond donors (Lipinski definition) is 1. The monoisotopic (exact) mass is 222 g/mol. The fourth-order valence-electron chi connectivity index (χ4n) is 1.39. The van der Waals surface area contributed by atoms with Crippen LogP contribution in [0.1, 0.15) is 11.1 Å². The zero-order valence-electron chi connectivity index (χ0n) is 8.19. The van der Waals surface area contributed by atoms with Gasteiger partial charge in [0.25, 0.3) is 0 Å². The Hall–Kier alpha value is -1.62. The second-order valence-corrected chi connectivity index (χ2v) is 4.33. The number of nitrogens with zero attached hydrogens (tertiary/aromatic N) is 1. The normalized spacial score (nSPS) is 10.5. The molecule has 0 fully saturated rings. The zero-order chi connectivity index (χ0) is 10.8. The highest BCUT2D eigenvalue weighted by atomic mass is 32.1. The van der Waals surface area contributed by atoms with Gasteiger partial charge in [0, 0.05) is 11.5 Å². The molecule has 0 amide bonds. The van der Waals surface area contributed by atoms with Crippen LogP contribution in [0.3, 0.4) is 0 Å². The molecule has 0 saturated heterocycles. The Morgan fingerprint density at radius 3 is 2.80 bits per heavy atom. The summed E-state index contributed by atoms with van der Waals surface area (Å²) < 4.78 is 1.41. The summed E-state index contributed by atoms with van der Waals surface area (Å²) in [7, 11) is 0. The summed E-state index contributed by atoms with van der Waals surface area (Å²) in [6.45, 7) is 2.44. The second kappa shape index (κ2) is 3.86. The molecule has 1 heterocycles. The lowest BCUT2D eigenvalue weighted by molar-refractivity contribution is 0.821. The molecule has 1 N–H and O–H groups in total. The average molecular weight is 222 g/mol. The van der Waals surface area contributed by atoms with Gasteiger partial charge in [0.2, 0.25) is 0 Å². The summed E-state index contributed by atoms with van der Waals surface area (Å²) in [5, 5.41) is 0. The number of H-pyrrole nitrogens is 1. The molecule has 1 aromatic carbocycles. The third-order valence-corrected chi connectivity index (χ3v) is 2.82. The van der Waals surface area contributed by atoms with Crippen molar-refractivity contribution < 1.29 is 0 Å². The minimum atomic E-state index is -0.341. The van der Waals surface area contributed by atoms with Gasteiger partial charge < -0.3 is 0 Å². The van der Waals surface area contributed by atoms with E-state index < -0.39 is 0 Å². The minimum absolute atomic E-state index is 0.312. The summed E-state index contributed by atoms with van der Waals surface area (Å²) in [6.07, 6.45) is 0. The van der Waals surface area contributed by atoms with Crippen molar-refractivity contribution >= 4 is 11.5 Å². The van der Waals surface area contributed by atoms with Crippen molar-refractivity contribution in [1.82, 2.24) is 8.94 Å². The highest BCUT2D eigenvalue weighted by molar-refractivity contribution is 7.03. The van der Waals surface area contributed by atoms with Crippen LogP contribution in [-0.4, -0.2) is 8.94 Å². The fraction of sp³-hybridized carbons (Fsp3) is 0.200. The molecule has 0 saturated carbocycles. The molecule has 0 radical (unpaired) electrons. The third-order valence-electron chi connectivity index (χ3n) is 2.04. The number of aryl methyl sites for hydroxylation is 1. The van der Waals surface area contributed by atoms with Gasteiger partial charge in [0.1, 0.15) is 0 Å². The van der Waals surface area contributed by atoms with E-state index in [1.807, 2.05) is 31.2 Å². The van der Waals surface area contributed by atoms with Crippen molar-refractivity contribution in [2.75, 3.05) is 0 Å². The molecule has 0 aliphatic carbocycles. The van der Waals surface area contributed by atoms with Gasteiger partial charge in [-0.2, -0.15) is 0 Å². The van der Waals surface area contributed by atoms with Crippen LogP contribution < -0.4 is 10.6 Å². The number of aromatic amines is 1. The molecular formula is C10H10N2O2S. The predicted molar refractivity (Wildman–Crippen MR) is 59.5 cm³/mol. The minimum Gasteiger partial charge on any atom is -0.263 e. The first kappa shape index (κ1) is 9.92. The van der Waals surface area contributed by atoms with Crippen LogP contribution in [0.15, 0.2) is 33.9 Å². The van der Waals surface area contributed by atoms with Crippen molar-refractivity contribution in [2.24, 2.45) is 0 Å². The molecule has 0 unspecified atom stereocenters. The van der Waals surface area contributed by atoms with Gasteiger partial charge in [-0.3, -0.25) is 9.78 Å². The van der Waals surface area contributed by atoms with E-state index >= 15 is 0 Å². The van der Waals surface area contributed by atoms with Crippen molar-refractivity contribution in [1.29, 1.82) is 0 Å². The average Bonchev–Trinajstić information content (AvgIpc) is 2.45. The van der Waals surface area contributed by atoms with E-state index in [4.69, 9.17) is 0 Å². The zero-order valence-corrected chi connectivity index (χ0v) is 9.00. The molecule has 1 aromatic heterocycles. The smallest absolute Gasteiger partial charge is 0.263 e. The number of nitrogens with one attached hydrogen (secondary N) is 1. The van der Waals surface area contributed by atoms with Crippen LogP contribution in [0.4, 0.5) is 0 Å². The number of benzene rings is 1. The first-order valence-electron chi connectivity index (χ1n) is 4.51. The molecule has 4 nitrogen and oxygen atoms in total. The molecule has 2 rings (SSSR count). The first-order chi connectivity index (χ1) is 7.15. The molecule has 15 heavy (non-hydrogen) atoms. The first-order valence-corrected chi connectivity index (χ1v) is 5.28. The molecular weight excluding hydrogens is 212 g/mol.